The summed E-state index contributed by atoms with van der Waals surface area (Å²) >= 11 is 17.8. The lowest BCUT2D eigenvalue weighted by molar-refractivity contribution is -0.138. The lowest BCUT2D eigenvalue weighted by Gasteiger charge is -2.49. The van der Waals surface area contributed by atoms with Crippen LogP contribution in [-0.4, -0.2) is 74.7 Å². The quantitative estimate of drug-likeness (QED) is 0.0939. The van der Waals surface area contributed by atoms with Crippen molar-refractivity contribution in [1.82, 2.24) is 28.4 Å². The van der Waals surface area contributed by atoms with Gasteiger partial charge in [0, 0.05) is 56.1 Å². The number of nitrogens with zero attached hydrogens (tertiary/aromatic N) is 6. The van der Waals surface area contributed by atoms with Crippen LogP contribution in [0.4, 0.5) is 0 Å². The molecule has 2 aliphatic heterocycles. The number of phenolic OH excluding ortho intramolecular Hbond substituents is 1. The van der Waals surface area contributed by atoms with Crippen molar-refractivity contribution in [2.75, 3.05) is 19.7 Å². The van der Waals surface area contributed by atoms with Crippen LogP contribution in [-0.2, 0) is 42.8 Å². The second-order valence-electron chi connectivity index (χ2n) is 14.0. The number of fused-ring (bicyclic) bond motifs is 5. The largest absolute Gasteiger partial charge is 0.508 e. The summed E-state index contributed by atoms with van der Waals surface area (Å²) in [5, 5.41) is 11.6. The predicted octanol–water partition coefficient (Wildman–Crippen LogP) is 3.95. The molecule has 4 unspecified atom stereocenters. The Morgan fingerprint density at radius 1 is 0.947 bits per heavy atom. The van der Waals surface area contributed by atoms with Crippen LogP contribution in [0.5, 0.6) is 23.0 Å². The third kappa shape index (κ3) is 5.74. The topological polar surface area (TPSA) is 169 Å². The number of aromatic hydroxyl groups is 1. The molecule has 2 aromatic heterocycles. The van der Waals surface area contributed by atoms with E-state index in [1.807, 2.05) is 30.3 Å². The summed E-state index contributed by atoms with van der Waals surface area (Å²) in [6.07, 6.45) is 1.28. The molecule has 2 fully saturated rings. The molecule has 57 heavy (non-hydrogen) atoms. The van der Waals surface area contributed by atoms with Crippen molar-refractivity contribution >= 4 is 62.0 Å². The molecular weight excluding hydrogens is 847 g/mol. The van der Waals surface area contributed by atoms with Crippen molar-refractivity contribution in [2.45, 2.75) is 54.2 Å². The van der Waals surface area contributed by atoms with Gasteiger partial charge in [-0.1, -0.05) is 58.4 Å². The molecule has 2 amide bonds. The highest BCUT2D eigenvalue weighted by Crippen LogP contribution is 2.64. The van der Waals surface area contributed by atoms with Crippen molar-refractivity contribution in [3.05, 3.63) is 120 Å². The number of hydrogen-bond acceptors (Lipinski definition) is 10. The molecule has 0 bridgehead atoms. The van der Waals surface area contributed by atoms with Crippen LogP contribution < -0.4 is 31.1 Å². The minimum Gasteiger partial charge on any atom is -0.508 e. The number of imide groups is 1. The van der Waals surface area contributed by atoms with Gasteiger partial charge in [-0.3, -0.25) is 19.3 Å². The summed E-state index contributed by atoms with van der Waals surface area (Å²) < 4.78 is 21.6. The maximum absolute atomic E-state index is 14.3. The molecule has 4 atom stereocenters. The lowest BCUT2D eigenvalue weighted by atomic mass is 9.64. The average molecular weight is 883 g/mol. The van der Waals surface area contributed by atoms with Gasteiger partial charge in [0.1, 0.15) is 23.8 Å². The Labute approximate surface area is 342 Å². The Hall–Kier alpha value is -5.32. The third-order valence-electron chi connectivity index (χ3n) is 11.1. The van der Waals surface area contributed by atoms with E-state index in [9.17, 15) is 29.1 Å². The normalized spacial score (nSPS) is 22.6. The molecule has 0 radical (unpaired) electrons. The zero-order valence-electron chi connectivity index (χ0n) is 30.8. The fraction of sp³-hybridized carbons (Fsp3) is 0.333. The Bertz CT molecular complexity index is 2710. The van der Waals surface area contributed by atoms with E-state index < -0.39 is 50.5 Å². The monoisotopic (exact) mass is 880 g/mol. The minimum atomic E-state index is -2.13. The molecule has 8 rings (SSSR count). The zero-order chi connectivity index (χ0) is 40.6. The van der Waals surface area contributed by atoms with Gasteiger partial charge in [0.25, 0.3) is 17.4 Å². The van der Waals surface area contributed by atoms with E-state index in [1.165, 1.54) is 34.2 Å². The zero-order valence-corrected chi connectivity index (χ0v) is 33.9. The number of aromatic nitrogens is 5. The number of aryl methyl sites for hydroxylation is 2. The third-order valence-corrected chi connectivity index (χ3v) is 13.1. The van der Waals surface area contributed by atoms with Crippen LogP contribution in [0.3, 0.4) is 0 Å². The minimum absolute atomic E-state index is 0.0757. The number of methoxy groups -OCH3 is 2. The number of benzene rings is 3. The first kappa shape index (κ1) is 38.5. The first-order valence-electron chi connectivity index (χ1n) is 17.8. The average Bonchev–Trinajstić information content (AvgIpc) is 3.54. The fourth-order valence-electron chi connectivity index (χ4n) is 8.29. The number of carbonyl (C=O) groups is 2. The number of alkyl halides is 3. The highest BCUT2D eigenvalue weighted by molar-refractivity contribution is 9.09. The number of phenols is 1. The van der Waals surface area contributed by atoms with E-state index in [4.69, 9.17) is 37.4 Å². The summed E-state index contributed by atoms with van der Waals surface area (Å²) in [4.78, 5) is 71.1. The SMILES string of the molecule is COc1cc2nc(CCn3c(=O)n4n(c3=O)C3CC5(Cl)C(=O)N(CBr)C(=O)C5(Cl)C(c5ccc(OCc6ccccc6)cc5O)C3=CC4)c(=O)n(C)c2cc1OC. The first-order chi connectivity index (χ1) is 27.3. The summed E-state index contributed by atoms with van der Waals surface area (Å²) in [5.74, 6) is -1.91. The molecule has 4 heterocycles. The van der Waals surface area contributed by atoms with Crippen LogP contribution >= 0.6 is 39.1 Å². The van der Waals surface area contributed by atoms with E-state index in [1.54, 1.807) is 37.4 Å². The molecule has 1 saturated heterocycles. The summed E-state index contributed by atoms with van der Waals surface area (Å²) in [7, 11) is 4.55. The van der Waals surface area contributed by atoms with E-state index in [-0.39, 0.29) is 55.0 Å². The molecular formula is C39H35BrCl2N6O9. The molecule has 5 aromatic rings. The number of rotatable bonds is 10. The van der Waals surface area contributed by atoms with Crippen molar-refractivity contribution in [2.24, 2.45) is 7.05 Å². The highest BCUT2D eigenvalue weighted by Gasteiger charge is 2.75. The first-order valence-corrected chi connectivity index (χ1v) is 19.7. The van der Waals surface area contributed by atoms with E-state index in [0.717, 1.165) is 15.0 Å². The van der Waals surface area contributed by atoms with Gasteiger partial charge in [0.2, 0.25) is 0 Å². The molecule has 15 nitrogen and oxygen atoms in total. The van der Waals surface area contributed by atoms with Gasteiger partial charge in [0.15, 0.2) is 21.2 Å². The molecule has 3 aromatic carbocycles. The number of hydrogen-bond donors (Lipinski definition) is 1. The Balaban J connectivity index is 1.18. The second kappa shape index (κ2) is 14.3. The van der Waals surface area contributed by atoms with Gasteiger partial charge >= 0.3 is 11.4 Å². The van der Waals surface area contributed by atoms with Crippen LogP contribution in [0, 0.1) is 0 Å². The van der Waals surface area contributed by atoms with E-state index >= 15 is 0 Å². The Kier molecular flexibility index (Phi) is 9.64. The lowest BCUT2D eigenvalue weighted by Crippen LogP contribution is -2.59. The molecule has 1 aliphatic carbocycles. The molecule has 1 saturated carbocycles. The number of carbonyl (C=O) groups excluding carboxylic acids is 2. The van der Waals surface area contributed by atoms with Crippen LogP contribution in [0.15, 0.2) is 86.7 Å². The van der Waals surface area contributed by atoms with Crippen LogP contribution in [0.25, 0.3) is 11.0 Å². The number of ether oxygens (including phenoxy) is 3. The number of likely N-dealkylation sites (tertiary alicyclic amines) is 1. The van der Waals surface area contributed by atoms with Crippen LogP contribution in [0.2, 0.25) is 0 Å². The van der Waals surface area contributed by atoms with Gasteiger partial charge in [-0.05, 0) is 17.2 Å². The number of amides is 2. The van der Waals surface area contributed by atoms with Gasteiger partial charge < -0.3 is 23.9 Å². The van der Waals surface area contributed by atoms with Crippen LogP contribution in [0.1, 0.15) is 35.2 Å². The fourth-order valence-corrected chi connectivity index (χ4v) is 9.69. The summed E-state index contributed by atoms with van der Waals surface area (Å²) in [5.41, 5.74) is 0.510. The number of allylic oxidation sites excluding steroid dienone is 2. The standard InChI is InChI=1S/C39H35BrCl2N6O9/c1-44-27-17-31(56-3)30(55-2)16-26(27)43-25(33(44)50)12-13-45-36(53)47-14-11-23-28(48(47)37(45)54)18-38(41)34(51)46(20-40)35(52)39(38,42)32(23)24-10-9-22(15-29(24)49)57-19-21-7-5-4-6-8-21/h4-11,15-17,28,32,49H,12-14,18-20H2,1-3H3. The highest BCUT2D eigenvalue weighted by atomic mass is 79.9. The Morgan fingerprint density at radius 2 is 1.67 bits per heavy atom. The predicted molar refractivity (Wildman–Crippen MR) is 213 cm³/mol. The second-order valence-corrected chi connectivity index (χ2v) is 15.8. The van der Waals surface area contributed by atoms with Crippen molar-refractivity contribution in [3.63, 3.8) is 0 Å². The Morgan fingerprint density at radius 3 is 2.35 bits per heavy atom. The smallest absolute Gasteiger partial charge is 0.347 e. The van der Waals surface area contributed by atoms with Gasteiger partial charge in [0.05, 0.1) is 43.3 Å². The summed E-state index contributed by atoms with van der Waals surface area (Å²) in [6.45, 7) is -0.0874. The van der Waals surface area contributed by atoms with Crippen molar-refractivity contribution < 1.29 is 28.9 Å². The van der Waals surface area contributed by atoms with Gasteiger partial charge in [-0.25, -0.2) is 28.5 Å². The van der Waals surface area contributed by atoms with Crippen molar-refractivity contribution in [3.8, 4) is 23.0 Å². The molecule has 3 aliphatic rings. The maximum Gasteiger partial charge on any atom is 0.347 e. The molecule has 296 valence electrons. The molecule has 1 N–H and O–H groups in total. The van der Waals surface area contributed by atoms with Gasteiger partial charge in [-0.15, -0.1) is 23.2 Å². The maximum atomic E-state index is 14.3. The molecule has 18 heteroatoms. The van der Waals surface area contributed by atoms with Gasteiger partial charge in [-0.2, -0.15) is 0 Å². The number of halogens is 3. The van der Waals surface area contributed by atoms with E-state index in [2.05, 4.69) is 20.9 Å². The molecule has 0 spiro atoms. The van der Waals surface area contributed by atoms with Crippen molar-refractivity contribution in [1.29, 1.82) is 0 Å². The summed E-state index contributed by atoms with van der Waals surface area (Å²) in [6, 6.07) is 16.2. The van der Waals surface area contributed by atoms with E-state index in [0.29, 0.717) is 33.9 Å².